The zero-order chi connectivity index (χ0) is 13.8. The molecular weight excluding hydrogens is 238 g/mol. The van der Waals surface area contributed by atoms with Gasteiger partial charge in [-0.1, -0.05) is 25.3 Å². The molecule has 0 aliphatic rings. The molecule has 1 aromatic heterocycles. The second-order valence-electron chi connectivity index (χ2n) is 4.31. The van der Waals surface area contributed by atoms with E-state index in [1.165, 1.54) is 0 Å². The van der Waals surface area contributed by atoms with Gasteiger partial charge in [0.25, 0.3) is 0 Å². The fraction of sp³-hybridized carbons (Fsp3) is 0.188. The number of pyridine rings is 1. The van der Waals surface area contributed by atoms with Crippen LogP contribution in [-0.2, 0) is 6.61 Å². The summed E-state index contributed by atoms with van der Waals surface area (Å²) in [7, 11) is 1.65. The van der Waals surface area contributed by atoms with Crippen LogP contribution in [0.15, 0.2) is 30.5 Å². The Hall–Kier alpha value is -2.29. The molecule has 0 amide bonds. The largest absolute Gasteiger partial charge is 0.497 e. The van der Waals surface area contributed by atoms with Gasteiger partial charge in [-0.15, -0.1) is 0 Å². The van der Waals surface area contributed by atoms with Crippen molar-refractivity contribution in [1.29, 1.82) is 0 Å². The van der Waals surface area contributed by atoms with Gasteiger partial charge in [-0.2, -0.15) is 0 Å². The van der Waals surface area contributed by atoms with Gasteiger partial charge in [0.1, 0.15) is 18.1 Å². The number of aromatic nitrogens is 1. The third kappa shape index (κ3) is 2.94. The zero-order valence-electron chi connectivity index (χ0n) is 11.3. The van der Waals surface area contributed by atoms with Crippen molar-refractivity contribution in [1.82, 2.24) is 4.98 Å². The standard InChI is InChI=1S/C16H17NO2/c1-11-9-17-13(3)16(12(11)2)19-10-14-5-7-15(18-4)8-6-14/h5-9H,1-2,10H2,3-4H3. The van der Waals surface area contributed by atoms with Crippen molar-refractivity contribution in [3.8, 4) is 11.5 Å². The SMILES string of the molecule is C=c1cnc(C)c(OCc2ccc(OC)cc2)c1=C. The maximum absolute atomic E-state index is 5.80. The highest BCUT2D eigenvalue weighted by Gasteiger charge is 2.03. The second-order valence-corrected chi connectivity index (χ2v) is 4.31. The summed E-state index contributed by atoms with van der Waals surface area (Å²) >= 11 is 0. The van der Waals surface area contributed by atoms with E-state index in [1.54, 1.807) is 13.3 Å². The fourth-order valence-electron chi connectivity index (χ4n) is 1.74. The highest BCUT2D eigenvalue weighted by atomic mass is 16.5. The van der Waals surface area contributed by atoms with Crippen molar-refractivity contribution in [2.24, 2.45) is 0 Å². The van der Waals surface area contributed by atoms with Gasteiger partial charge in [-0.05, 0) is 29.8 Å². The molecule has 0 bridgehead atoms. The Morgan fingerprint density at radius 2 is 1.84 bits per heavy atom. The predicted octanol–water partition coefficient (Wildman–Crippen LogP) is 1.80. The number of aryl methyl sites for hydroxylation is 1. The molecule has 0 atom stereocenters. The molecule has 3 heteroatoms. The third-order valence-electron chi connectivity index (χ3n) is 2.95. The molecular formula is C16H17NO2. The highest BCUT2D eigenvalue weighted by Crippen LogP contribution is 2.14. The van der Waals surface area contributed by atoms with Crippen LogP contribution in [0, 0.1) is 6.92 Å². The number of methoxy groups -OCH3 is 1. The molecule has 0 saturated heterocycles. The summed E-state index contributed by atoms with van der Waals surface area (Å²) in [6, 6.07) is 7.76. The van der Waals surface area contributed by atoms with Crippen LogP contribution in [0.4, 0.5) is 0 Å². The molecule has 2 aromatic rings. The summed E-state index contributed by atoms with van der Waals surface area (Å²) in [5.41, 5.74) is 1.89. The van der Waals surface area contributed by atoms with Crippen LogP contribution in [0.3, 0.4) is 0 Å². The molecule has 0 unspecified atom stereocenters. The summed E-state index contributed by atoms with van der Waals surface area (Å²) < 4.78 is 10.9. The number of ether oxygens (including phenoxy) is 2. The quantitative estimate of drug-likeness (QED) is 0.835. The molecule has 2 rings (SSSR count). The number of benzene rings is 1. The van der Waals surface area contributed by atoms with E-state index >= 15 is 0 Å². The zero-order valence-corrected chi connectivity index (χ0v) is 11.3. The average molecular weight is 255 g/mol. The lowest BCUT2D eigenvalue weighted by molar-refractivity contribution is 0.299. The monoisotopic (exact) mass is 255 g/mol. The van der Waals surface area contributed by atoms with E-state index in [1.807, 2.05) is 31.2 Å². The summed E-state index contributed by atoms with van der Waals surface area (Å²) in [5.74, 6) is 1.54. The minimum absolute atomic E-state index is 0.471. The number of hydrogen-bond acceptors (Lipinski definition) is 3. The second kappa shape index (κ2) is 5.57. The van der Waals surface area contributed by atoms with E-state index < -0.39 is 0 Å². The van der Waals surface area contributed by atoms with Crippen molar-refractivity contribution in [2.75, 3.05) is 7.11 Å². The van der Waals surface area contributed by atoms with E-state index in [-0.39, 0.29) is 0 Å². The maximum atomic E-state index is 5.80. The smallest absolute Gasteiger partial charge is 0.148 e. The topological polar surface area (TPSA) is 31.4 Å². The Morgan fingerprint density at radius 1 is 1.16 bits per heavy atom. The first-order valence-corrected chi connectivity index (χ1v) is 6.01. The Labute approximate surface area is 112 Å². The Kier molecular flexibility index (Phi) is 3.85. The van der Waals surface area contributed by atoms with E-state index in [0.29, 0.717) is 12.4 Å². The third-order valence-corrected chi connectivity index (χ3v) is 2.95. The number of nitrogens with zero attached hydrogens (tertiary/aromatic N) is 1. The van der Waals surface area contributed by atoms with E-state index in [9.17, 15) is 0 Å². The van der Waals surface area contributed by atoms with Gasteiger partial charge in [-0.3, -0.25) is 4.98 Å². The molecule has 1 aromatic carbocycles. The summed E-state index contributed by atoms with van der Waals surface area (Å²) in [6.45, 7) is 10.2. The first-order chi connectivity index (χ1) is 9.11. The number of hydrogen-bond donors (Lipinski definition) is 0. The molecule has 0 radical (unpaired) electrons. The van der Waals surface area contributed by atoms with E-state index in [4.69, 9.17) is 9.47 Å². The highest BCUT2D eigenvalue weighted by molar-refractivity contribution is 5.33. The van der Waals surface area contributed by atoms with Gasteiger partial charge in [-0.25, -0.2) is 0 Å². The summed E-state index contributed by atoms with van der Waals surface area (Å²) in [6.07, 6.45) is 1.71. The predicted molar refractivity (Wildman–Crippen MR) is 76.6 cm³/mol. The van der Waals surface area contributed by atoms with Gasteiger partial charge < -0.3 is 9.47 Å². The molecule has 0 N–H and O–H groups in total. The lowest BCUT2D eigenvalue weighted by Gasteiger charge is -2.09. The maximum Gasteiger partial charge on any atom is 0.148 e. The van der Waals surface area contributed by atoms with Gasteiger partial charge in [0.2, 0.25) is 0 Å². The van der Waals surface area contributed by atoms with Crippen LogP contribution in [-0.4, -0.2) is 12.1 Å². The Morgan fingerprint density at radius 3 is 2.47 bits per heavy atom. The van der Waals surface area contributed by atoms with Crippen LogP contribution >= 0.6 is 0 Å². The van der Waals surface area contributed by atoms with Crippen LogP contribution in [0.5, 0.6) is 11.5 Å². The van der Waals surface area contributed by atoms with Gasteiger partial charge in [0.05, 0.1) is 12.8 Å². The van der Waals surface area contributed by atoms with E-state index in [2.05, 4.69) is 18.1 Å². The van der Waals surface area contributed by atoms with Crippen molar-refractivity contribution < 1.29 is 9.47 Å². The molecule has 0 spiro atoms. The van der Waals surface area contributed by atoms with Crippen molar-refractivity contribution in [3.05, 3.63) is 52.2 Å². The minimum Gasteiger partial charge on any atom is -0.497 e. The minimum atomic E-state index is 0.471. The summed E-state index contributed by atoms with van der Waals surface area (Å²) in [5, 5.41) is 1.58. The molecule has 0 aliphatic carbocycles. The molecule has 1 heterocycles. The van der Waals surface area contributed by atoms with Crippen LogP contribution in [0.2, 0.25) is 0 Å². The van der Waals surface area contributed by atoms with Crippen molar-refractivity contribution in [3.63, 3.8) is 0 Å². The average Bonchev–Trinajstić information content (AvgIpc) is 2.44. The van der Waals surface area contributed by atoms with Crippen LogP contribution in [0.1, 0.15) is 11.3 Å². The Balaban J connectivity index is 2.16. The fourth-order valence-corrected chi connectivity index (χ4v) is 1.74. The normalized spacial score (nSPS) is 10.2. The Bertz CT molecular complexity index is 662. The molecule has 0 saturated carbocycles. The molecule has 3 nitrogen and oxygen atoms in total. The van der Waals surface area contributed by atoms with Gasteiger partial charge in [0.15, 0.2) is 0 Å². The lowest BCUT2D eigenvalue weighted by Crippen LogP contribution is -2.25. The van der Waals surface area contributed by atoms with Crippen LogP contribution in [0.25, 0.3) is 13.2 Å². The summed E-state index contributed by atoms with van der Waals surface area (Å²) in [4.78, 5) is 4.23. The lowest BCUT2D eigenvalue weighted by atomic mass is 10.2. The molecule has 0 aliphatic heterocycles. The van der Waals surface area contributed by atoms with E-state index in [0.717, 1.165) is 27.4 Å². The first-order valence-electron chi connectivity index (χ1n) is 6.01. The van der Waals surface area contributed by atoms with Gasteiger partial charge >= 0.3 is 0 Å². The van der Waals surface area contributed by atoms with Gasteiger partial charge in [0, 0.05) is 11.4 Å². The van der Waals surface area contributed by atoms with Crippen molar-refractivity contribution >= 4 is 13.2 Å². The number of rotatable bonds is 4. The molecule has 98 valence electrons. The molecule has 19 heavy (non-hydrogen) atoms. The first kappa shape index (κ1) is 13.1. The van der Waals surface area contributed by atoms with Crippen LogP contribution < -0.4 is 19.9 Å². The van der Waals surface area contributed by atoms with Crippen molar-refractivity contribution in [2.45, 2.75) is 13.5 Å². The molecule has 0 fully saturated rings.